The molecular formula is C24H33ClN2O4S. The van der Waals surface area contributed by atoms with Gasteiger partial charge < -0.3 is 10.1 Å². The van der Waals surface area contributed by atoms with E-state index in [0.29, 0.717) is 23.0 Å². The summed E-state index contributed by atoms with van der Waals surface area (Å²) in [5, 5.41) is 3.49. The van der Waals surface area contributed by atoms with Gasteiger partial charge in [-0.1, -0.05) is 31.5 Å². The Balaban J connectivity index is 2.04. The van der Waals surface area contributed by atoms with Crippen molar-refractivity contribution in [2.24, 2.45) is 0 Å². The molecule has 1 unspecified atom stereocenters. The maximum Gasteiger partial charge on any atom is 0.232 e. The second-order valence-electron chi connectivity index (χ2n) is 8.31. The summed E-state index contributed by atoms with van der Waals surface area (Å²) in [4.78, 5) is 12.6. The van der Waals surface area contributed by atoms with Crippen LogP contribution in [0.5, 0.6) is 5.75 Å². The largest absolute Gasteiger partial charge is 0.496 e. The van der Waals surface area contributed by atoms with Crippen molar-refractivity contribution in [2.45, 2.75) is 52.5 Å². The summed E-state index contributed by atoms with van der Waals surface area (Å²) in [7, 11) is -1.83. The van der Waals surface area contributed by atoms with Gasteiger partial charge in [0.2, 0.25) is 15.9 Å². The molecule has 0 spiro atoms. The van der Waals surface area contributed by atoms with Crippen LogP contribution < -0.4 is 14.4 Å². The molecule has 8 heteroatoms. The molecule has 1 amide bonds. The Kier molecular flexibility index (Phi) is 8.98. The number of nitrogens with one attached hydrogen (secondary N) is 1. The van der Waals surface area contributed by atoms with Crippen LogP contribution in [0.4, 0.5) is 5.69 Å². The smallest absolute Gasteiger partial charge is 0.232 e. The van der Waals surface area contributed by atoms with Gasteiger partial charge in [0, 0.05) is 18.0 Å². The number of halogens is 1. The van der Waals surface area contributed by atoms with Crippen molar-refractivity contribution < 1.29 is 17.9 Å². The molecule has 0 saturated carbocycles. The first-order chi connectivity index (χ1) is 14.9. The van der Waals surface area contributed by atoms with Crippen LogP contribution in [0.15, 0.2) is 36.4 Å². The van der Waals surface area contributed by atoms with Gasteiger partial charge >= 0.3 is 0 Å². The summed E-state index contributed by atoms with van der Waals surface area (Å²) in [6, 6.07) is 10.6. The second-order valence-corrected chi connectivity index (χ2v) is 10.7. The van der Waals surface area contributed by atoms with Crippen LogP contribution in [-0.2, 0) is 14.8 Å². The number of anilines is 1. The van der Waals surface area contributed by atoms with E-state index in [2.05, 4.69) is 25.2 Å². The van der Waals surface area contributed by atoms with Gasteiger partial charge in [0.25, 0.3) is 0 Å². The van der Waals surface area contributed by atoms with Crippen molar-refractivity contribution in [2.75, 3.05) is 24.2 Å². The third-order valence-electron chi connectivity index (χ3n) is 5.35. The van der Waals surface area contributed by atoms with Crippen molar-refractivity contribution in [3.8, 4) is 5.75 Å². The van der Waals surface area contributed by atoms with Gasteiger partial charge in [0.15, 0.2) is 0 Å². The molecule has 2 aromatic rings. The standard InChI is InChI=1S/C24H33ClN2O4S/c1-16(2)21-15-22(17(3)13-23(21)31-5)18(4)26-24(28)11-8-12-27(32(6,29)30)20-10-7-9-19(25)14-20/h7,9-10,13-16,18H,8,11-12H2,1-6H3,(H,26,28). The molecule has 0 aliphatic carbocycles. The number of sulfonamides is 1. The minimum Gasteiger partial charge on any atom is -0.496 e. The van der Waals surface area contributed by atoms with Crippen LogP contribution in [0.1, 0.15) is 62.3 Å². The molecule has 1 N–H and O–H groups in total. The maximum absolute atomic E-state index is 12.6. The summed E-state index contributed by atoms with van der Waals surface area (Å²) in [5.74, 6) is 1.01. The number of aryl methyl sites for hydroxylation is 1. The number of hydrogen-bond donors (Lipinski definition) is 1. The molecule has 6 nitrogen and oxygen atoms in total. The predicted octanol–water partition coefficient (Wildman–Crippen LogP) is 5.20. The van der Waals surface area contributed by atoms with Crippen LogP contribution >= 0.6 is 11.6 Å². The number of ether oxygens (including phenoxy) is 1. The second kappa shape index (κ2) is 11.1. The Bertz CT molecular complexity index is 1050. The van der Waals surface area contributed by atoms with E-state index in [0.717, 1.165) is 28.7 Å². The van der Waals surface area contributed by atoms with E-state index in [4.69, 9.17) is 16.3 Å². The molecule has 0 aliphatic heterocycles. The van der Waals surface area contributed by atoms with Crippen LogP contribution in [0.2, 0.25) is 5.02 Å². The molecule has 2 rings (SSSR count). The fourth-order valence-electron chi connectivity index (χ4n) is 3.70. The van der Waals surface area contributed by atoms with Crippen LogP contribution in [0, 0.1) is 6.92 Å². The molecule has 32 heavy (non-hydrogen) atoms. The summed E-state index contributed by atoms with van der Waals surface area (Å²) in [5.41, 5.74) is 3.67. The van der Waals surface area contributed by atoms with E-state index in [-0.39, 0.29) is 24.9 Å². The van der Waals surface area contributed by atoms with Gasteiger partial charge in [0.1, 0.15) is 5.75 Å². The number of nitrogens with zero attached hydrogens (tertiary/aromatic N) is 1. The number of benzene rings is 2. The lowest BCUT2D eigenvalue weighted by Crippen LogP contribution is -2.32. The fourth-order valence-corrected chi connectivity index (χ4v) is 4.84. The summed E-state index contributed by atoms with van der Waals surface area (Å²) in [6.45, 7) is 8.35. The summed E-state index contributed by atoms with van der Waals surface area (Å²) in [6.07, 6.45) is 1.74. The van der Waals surface area contributed by atoms with Crippen molar-refractivity contribution in [1.82, 2.24) is 5.32 Å². The lowest BCUT2D eigenvalue weighted by atomic mass is 9.93. The molecule has 1 atom stereocenters. The van der Waals surface area contributed by atoms with E-state index in [1.807, 2.05) is 19.9 Å². The van der Waals surface area contributed by atoms with Gasteiger partial charge in [0.05, 0.1) is 25.1 Å². The topological polar surface area (TPSA) is 75.7 Å². The highest BCUT2D eigenvalue weighted by Crippen LogP contribution is 2.32. The van der Waals surface area contributed by atoms with Gasteiger partial charge in [-0.3, -0.25) is 9.10 Å². The highest BCUT2D eigenvalue weighted by molar-refractivity contribution is 7.92. The lowest BCUT2D eigenvalue weighted by Gasteiger charge is -2.23. The molecule has 0 fully saturated rings. The first kappa shape index (κ1) is 26.0. The van der Waals surface area contributed by atoms with Gasteiger partial charge in [-0.2, -0.15) is 0 Å². The zero-order chi connectivity index (χ0) is 24.1. The number of hydrogen-bond acceptors (Lipinski definition) is 4. The monoisotopic (exact) mass is 480 g/mol. The molecular weight excluding hydrogens is 448 g/mol. The van der Waals surface area contributed by atoms with Crippen LogP contribution in [-0.4, -0.2) is 34.2 Å². The molecule has 0 saturated heterocycles. The van der Waals surface area contributed by atoms with Gasteiger partial charge in [-0.15, -0.1) is 0 Å². The van der Waals surface area contributed by atoms with E-state index < -0.39 is 10.0 Å². The van der Waals surface area contributed by atoms with E-state index in [9.17, 15) is 13.2 Å². The average molecular weight is 481 g/mol. The van der Waals surface area contributed by atoms with Crippen LogP contribution in [0.3, 0.4) is 0 Å². The zero-order valence-electron chi connectivity index (χ0n) is 19.6. The minimum absolute atomic E-state index is 0.127. The number of amides is 1. The highest BCUT2D eigenvalue weighted by atomic mass is 35.5. The quantitative estimate of drug-likeness (QED) is 0.506. The Morgan fingerprint density at radius 2 is 1.84 bits per heavy atom. The predicted molar refractivity (Wildman–Crippen MR) is 131 cm³/mol. The van der Waals surface area contributed by atoms with Gasteiger partial charge in [-0.05, 0) is 73.2 Å². The highest BCUT2D eigenvalue weighted by Gasteiger charge is 2.19. The van der Waals surface area contributed by atoms with Crippen molar-refractivity contribution >= 4 is 33.2 Å². The fraction of sp³-hybridized carbons (Fsp3) is 0.458. The summed E-state index contributed by atoms with van der Waals surface area (Å²) >= 11 is 6.01. The van der Waals surface area contributed by atoms with E-state index in [1.54, 1.807) is 31.4 Å². The number of methoxy groups -OCH3 is 1. The minimum atomic E-state index is -3.49. The SMILES string of the molecule is COc1cc(C)c(C(C)NC(=O)CCCN(c2cccc(Cl)c2)S(C)(=O)=O)cc1C(C)C. The molecule has 176 valence electrons. The Labute approximate surface area is 197 Å². The van der Waals surface area contributed by atoms with E-state index >= 15 is 0 Å². The average Bonchev–Trinajstić information content (AvgIpc) is 2.69. The first-order valence-electron chi connectivity index (χ1n) is 10.6. The zero-order valence-corrected chi connectivity index (χ0v) is 21.2. The number of carbonyl (C=O) groups is 1. The molecule has 0 radical (unpaired) electrons. The van der Waals surface area contributed by atoms with E-state index in [1.165, 1.54) is 4.31 Å². The Hall–Kier alpha value is -2.25. The first-order valence-corrected chi connectivity index (χ1v) is 12.9. The van der Waals surface area contributed by atoms with Crippen LogP contribution in [0.25, 0.3) is 0 Å². The normalized spacial score (nSPS) is 12.5. The molecule has 0 bridgehead atoms. The van der Waals surface area contributed by atoms with Crippen molar-refractivity contribution in [1.29, 1.82) is 0 Å². The lowest BCUT2D eigenvalue weighted by molar-refractivity contribution is -0.121. The molecule has 0 aromatic heterocycles. The maximum atomic E-state index is 12.6. The molecule has 0 aliphatic rings. The third-order valence-corrected chi connectivity index (χ3v) is 6.78. The Morgan fingerprint density at radius 1 is 1.16 bits per heavy atom. The molecule has 2 aromatic carbocycles. The third kappa shape index (κ3) is 6.87. The number of rotatable bonds is 10. The number of carbonyl (C=O) groups excluding carboxylic acids is 1. The van der Waals surface area contributed by atoms with Crippen molar-refractivity contribution in [3.05, 3.63) is 58.1 Å². The Morgan fingerprint density at radius 3 is 2.41 bits per heavy atom. The van der Waals surface area contributed by atoms with Crippen molar-refractivity contribution in [3.63, 3.8) is 0 Å². The molecule has 0 heterocycles. The van der Waals surface area contributed by atoms with Gasteiger partial charge in [-0.25, -0.2) is 8.42 Å². The summed E-state index contributed by atoms with van der Waals surface area (Å²) < 4.78 is 31.2.